The average molecular weight is 252 g/mol. The third kappa shape index (κ3) is 2.44. The number of hydrogen-bond acceptors (Lipinski definition) is 2. The van der Waals surface area contributed by atoms with Crippen LogP contribution in [0, 0.1) is 0 Å². The minimum Gasteiger partial charge on any atom is -0.478 e. The molecule has 0 fully saturated rings. The van der Waals surface area contributed by atoms with Crippen LogP contribution in [0.5, 0.6) is 0 Å². The molecule has 0 atom stereocenters. The first-order valence-corrected chi connectivity index (χ1v) is 5.92. The molecule has 0 saturated heterocycles. The zero-order valence-electron chi connectivity index (χ0n) is 9.61. The Labute approximate surface area is 105 Å². The predicted octanol–water partition coefficient (Wildman–Crippen LogP) is 2.89. The van der Waals surface area contributed by atoms with Gasteiger partial charge in [0.1, 0.15) is 0 Å². The van der Waals surface area contributed by atoms with E-state index >= 15 is 0 Å². The van der Waals surface area contributed by atoms with Crippen molar-refractivity contribution in [2.45, 2.75) is 13.3 Å². The fourth-order valence-electron chi connectivity index (χ4n) is 2.08. The highest BCUT2D eigenvalue weighted by molar-refractivity contribution is 6.25. The predicted molar refractivity (Wildman–Crippen MR) is 68.9 cm³/mol. The Bertz CT molecular complexity index is 482. The van der Waals surface area contributed by atoms with E-state index in [1.54, 1.807) is 17.7 Å². The third-order valence-corrected chi connectivity index (χ3v) is 3.32. The van der Waals surface area contributed by atoms with Crippen molar-refractivity contribution in [1.29, 1.82) is 0 Å². The molecular weight excluding hydrogens is 238 g/mol. The zero-order valence-corrected chi connectivity index (χ0v) is 10.4. The normalized spacial score (nSPS) is 14.9. The van der Waals surface area contributed by atoms with Crippen molar-refractivity contribution in [2.75, 3.05) is 18.0 Å². The van der Waals surface area contributed by atoms with Crippen LogP contribution in [0.1, 0.15) is 22.8 Å². The molecule has 0 bridgehead atoms. The van der Waals surface area contributed by atoms with Gasteiger partial charge in [0.05, 0.1) is 5.56 Å². The van der Waals surface area contributed by atoms with Crippen molar-refractivity contribution in [1.82, 2.24) is 0 Å². The van der Waals surface area contributed by atoms with Crippen LogP contribution in [0.25, 0.3) is 0 Å². The Morgan fingerprint density at radius 3 is 3.00 bits per heavy atom. The van der Waals surface area contributed by atoms with E-state index in [-0.39, 0.29) is 0 Å². The molecule has 1 N–H and O–H groups in total. The summed E-state index contributed by atoms with van der Waals surface area (Å²) in [6, 6.07) is 5.31. The molecule has 0 aliphatic carbocycles. The Balaban J connectivity index is 2.29. The molecule has 1 heterocycles. The van der Waals surface area contributed by atoms with Crippen LogP contribution in [0.15, 0.2) is 29.3 Å². The van der Waals surface area contributed by atoms with Crippen LogP contribution in [0.2, 0.25) is 0 Å². The number of hydrogen-bond donors (Lipinski definition) is 1. The van der Waals surface area contributed by atoms with Crippen LogP contribution in [-0.2, 0) is 6.42 Å². The summed E-state index contributed by atoms with van der Waals surface area (Å²) in [5, 5.41) is 8.98. The van der Waals surface area contributed by atoms with Gasteiger partial charge in [-0.25, -0.2) is 4.79 Å². The lowest BCUT2D eigenvalue weighted by Crippen LogP contribution is -2.22. The van der Waals surface area contributed by atoms with Gasteiger partial charge in [0.2, 0.25) is 0 Å². The molecule has 1 aliphatic rings. The number of carboxylic acid groups (broad SMARTS) is 1. The van der Waals surface area contributed by atoms with Crippen LogP contribution < -0.4 is 4.90 Å². The maximum atomic E-state index is 10.9. The molecule has 0 aromatic heterocycles. The molecule has 0 radical (unpaired) electrons. The maximum Gasteiger partial charge on any atom is 0.335 e. The SMILES string of the molecule is C/C(=C/Cl)CN1CCc2ccc(C(=O)O)cc21. The average Bonchev–Trinajstić information content (AvgIpc) is 2.71. The number of fused-ring (bicyclic) bond motifs is 1. The first kappa shape index (κ1) is 12.0. The number of carbonyl (C=O) groups is 1. The molecule has 3 nitrogen and oxygen atoms in total. The summed E-state index contributed by atoms with van der Waals surface area (Å²) < 4.78 is 0. The van der Waals surface area contributed by atoms with E-state index in [0.29, 0.717) is 5.56 Å². The van der Waals surface area contributed by atoms with E-state index in [2.05, 4.69) is 4.90 Å². The number of nitrogens with zero attached hydrogens (tertiary/aromatic N) is 1. The second-order valence-corrected chi connectivity index (χ2v) is 4.49. The van der Waals surface area contributed by atoms with E-state index in [0.717, 1.165) is 30.8 Å². The summed E-state index contributed by atoms with van der Waals surface area (Å²) in [5.74, 6) is -0.885. The van der Waals surface area contributed by atoms with Gasteiger partial charge in [-0.1, -0.05) is 17.7 Å². The van der Waals surface area contributed by atoms with E-state index in [4.69, 9.17) is 16.7 Å². The van der Waals surface area contributed by atoms with Crippen molar-refractivity contribution < 1.29 is 9.90 Å². The second kappa shape index (κ2) is 4.80. The maximum absolute atomic E-state index is 10.9. The van der Waals surface area contributed by atoms with Crippen molar-refractivity contribution in [3.8, 4) is 0 Å². The number of aromatic carboxylic acids is 1. The van der Waals surface area contributed by atoms with Gasteiger partial charge in [-0.3, -0.25) is 0 Å². The first-order chi connectivity index (χ1) is 8.11. The van der Waals surface area contributed by atoms with Crippen LogP contribution >= 0.6 is 11.6 Å². The number of anilines is 1. The minimum atomic E-state index is -0.885. The molecule has 0 spiro atoms. The highest BCUT2D eigenvalue weighted by atomic mass is 35.5. The van der Waals surface area contributed by atoms with Gasteiger partial charge in [-0.15, -0.1) is 0 Å². The molecule has 1 aromatic carbocycles. The van der Waals surface area contributed by atoms with Crippen molar-refractivity contribution in [3.63, 3.8) is 0 Å². The van der Waals surface area contributed by atoms with Crippen LogP contribution in [0.3, 0.4) is 0 Å². The lowest BCUT2D eigenvalue weighted by Gasteiger charge is -2.19. The summed E-state index contributed by atoms with van der Waals surface area (Å²) in [4.78, 5) is 13.1. The standard InChI is InChI=1S/C13H14ClNO2/c1-9(7-14)8-15-5-4-10-2-3-11(13(16)17)6-12(10)15/h2-3,6-7H,4-5,8H2,1H3,(H,16,17)/b9-7-. The number of carboxylic acids is 1. The minimum absolute atomic E-state index is 0.336. The topological polar surface area (TPSA) is 40.5 Å². The van der Waals surface area contributed by atoms with E-state index in [1.165, 1.54) is 5.56 Å². The lowest BCUT2D eigenvalue weighted by atomic mass is 10.1. The van der Waals surface area contributed by atoms with Gasteiger partial charge in [-0.2, -0.15) is 0 Å². The molecule has 1 aliphatic heterocycles. The lowest BCUT2D eigenvalue weighted by molar-refractivity contribution is 0.0697. The smallest absolute Gasteiger partial charge is 0.335 e. The molecule has 90 valence electrons. The number of benzene rings is 1. The van der Waals surface area contributed by atoms with Crippen molar-refractivity contribution in [2.24, 2.45) is 0 Å². The fraction of sp³-hybridized carbons (Fsp3) is 0.308. The van der Waals surface area contributed by atoms with Gasteiger partial charge in [0.25, 0.3) is 0 Å². The Kier molecular flexibility index (Phi) is 3.38. The molecule has 2 rings (SSSR count). The van der Waals surface area contributed by atoms with Crippen LogP contribution in [0.4, 0.5) is 5.69 Å². The Morgan fingerprint density at radius 1 is 1.59 bits per heavy atom. The number of rotatable bonds is 3. The largest absolute Gasteiger partial charge is 0.478 e. The first-order valence-electron chi connectivity index (χ1n) is 5.49. The Morgan fingerprint density at radius 2 is 2.35 bits per heavy atom. The molecule has 1 aromatic rings. The summed E-state index contributed by atoms with van der Waals surface area (Å²) in [7, 11) is 0. The van der Waals surface area contributed by atoms with Gasteiger partial charge in [-0.05, 0) is 36.6 Å². The summed E-state index contributed by atoms with van der Waals surface area (Å²) >= 11 is 5.66. The molecule has 4 heteroatoms. The van der Waals surface area contributed by atoms with Crippen molar-refractivity contribution >= 4 is 23.3 Å². The summed E-state index contributed by atoms with van der Waals surface area (Å²) in [5.41, 5.74) is 5.20. The van der Waals surface area contributed by atoms with E-state index in [9.17, 15) is 4.79 Å². The highest BCUT2D eigenvalue weighted by Gasteiger charge is 2.20. The third-order valence-electron chi connectivity index (χ3n) is 2.95. The highest BCUT2D eigenvalue weighted by Crippen LogP contribution is 2.29. The molecule has 0 saturated carbocycles. The van der Waals surface area contributed by atoms with E-state index in [1.807, 2.05) is 13.0 Å². The monoisotopic (exact) mass is 251 g/mol. The summed E-state index contributed by atoms with van der Waals surface area (Å²) in [6.07, 6.45) is 0.963. The number of halogens is 1. The molecule has 0 amide bonds. The van der Waals surface area contributed by atoms with Gasteiger partial charge in [0.15, 0.2) is 0 Å². The Hall–Kier alpha value is -1.48. The molecule has 17 heavy (non-hydrogen) atoms. The van der Waals surface area contributed by atoms with E-state index < -0.39 is 5.97 Å². The van der Waals surface area contributed by atoms with Gasteiger partial charge < -0.3 is 10.0 Å². The molecular formula is C13H14ClNO2. The fourth-order valence-corrected chi connectivity index (χ4v) is 2.15. The zero-order chi connectivity index (χ0) is 12.4. The van der Waals surface area contributed by atoms with Gasteiger partial charge >= 0.3 is 5.97 Å². The summed E-state index contributed by atoms with van der Waals surface area (Å²) in [6.45, 7) is 3.63. The quantitative estimate of drug-likeness (QED) is 0.898. The van der Waals surface area contributed by atoms with Crippen molar-refractivity contribution in [3.05, 3.63) is 40.4 Å². The van der Waals surface area contributed by atoms with Gasteiger partial charge in [0, 0.05) is 24.3 Å². The molecule has 0 unspecified atom stereocenters. The van der Waals surface area contributed by atoms with Crippen LogP contribution in [-0.4, -0.2) is 24.2 Å². The second-order valence-electron chi connectivity index (χ2n) is 4.28.